The number of rotatable bonds is 1. The van der Waals surface area contributed by atoms with Gasteiger partial charge in [0, 0.05) is 14.5 Å². The maximum absolute atomic E-state index is 12.5. The van der Waals surface area contributed by atoms with Crippen LogP contribution in [-0.4, -0.2) is 5.24 Å². The minimum atomic E-state index is -4.54. The lowest BCUT2D eigenvalue weighted by Gasteiger charge is -2.11. The van der Waals surface area contributed by atoms with Gasteiger partial charge in [-0.3, -0.25) is 4.79 Å². The van der Waals surface area contributed by atoms with Gasteiger partial charge in [0.25, 0.3) is 5.24 Å². The van der Waals surface area contributed by atoms with Crippen molar-refractivity contribution in [1.82, 2.24) is 0 Å². The van der Waals surface area contributed by atoms with Crippen LogP contribution in [0.2, 0.25) is 0 Å². The van der Waals surface area contributed by atoms with E-state index in [1.807, 2.05) is 0 Å². The van der Waals surface area contributed by atoms with Crippen molar-refractivity contribution in [2.75, 3.05) is 0 Å². The Morgan fingerprint density at radius 2 is 1.80 bits per heavy atom. The summed E-state index contributed by atoms with van der Waals surface area (Å²) in [6.07, 6.45) is -4.54. The molecule has 0 spiro atoms. The summed E-state index contributed by atoms with van der Waals surface area (Å²) in [7, 11) is 0. The fourth-order valence-electron chi connectivity index (χ4n) is 0.939. The van der Waals surface area contributed by atoms with Crippen LogP contribution < -0.4 is 0 Å². The van der Waals surface area contributed by atoms with Gasteiger partial charge < -0.3 is 0 Å². The van der Waals surface area contributed by atoms with Crippen molar-refractivity contribution in [3.05, 3.63) is 32.2 Å². The standard InChI is InChI=1S/C8H2Br2ClF3O/c9-3-1-4(7(11)15)6(10)5(2-3)8(12,13)14/h1-2H. The average molecular weight is 366 g/mol. The summed E-state index contributed by atoms with van der Waals surface area (Å²) >= 11 is 10.7. The van der Waals surface area contributed by atoms with Gasteiger partial charge in [0.1, 0.15) is 0 Å². The van der Waals surface area contributed by atoms with Crippen LogP contribution in [0.4, 0.5) is 13.2 Å². The third kappa shape index (κ3) is 2.95. The van der Waals surface area contributed by atoms with E-state index in [9.17, 15) is 18.0 Å². The van der Waals surface area contributed by atoms with E-state index in [0.717, 1.165) is 6.07 Å². The number of halogens is 6. The van der Waals surface area contributed by atoms with Crippen LogP contribution in [0, 0.1) is 0 Å². The Morgan fingerprint density at radius 3 is 2.20 bits per heavy atom. The predicted octanol–water partition coefficient (Wildman–Crippen LogP) is 4.61. The Balaban J connectivity index is 3.49. The van der Waals surface area contributed by atoms with Gasteiger partial charge >= 0.3 is 6.18 Å². The lowest BCUT2D eigenvalue weighted by molar-refractivity contribution is -0.138. The van der Waals surface area contributed by atoms with Crippen LogP contribution >= 0.6 is 43.5 Å². The van der Waals surface area contributed by atoms with Crippen LogP contribution in [0.25, 0.3) is 0 Å². The highest BCUT2D eigenvalue weighted by Crippen LogP contribution is 2.38. The Labute approximate surface area is 105 Å². The molecule has 1 nitrogen and oxygen atoms in total. The zero-order chi connectivity index (χ0) is 11.8. The van der Waals surface area contributed by atoms with Crippen molar-refractivity contribution in [3.63, 3.8) is 0 Å². The summed E-state index contributed by atoms with van der Waals surface area (Å²) in [5.74, 6) is 0. The summed E-state index contributed by atoms with van der Waals surface area (Å²) < 4.78 is 37.2. The maximum Gasteiger partial charge on any atom is 0.417 e. The second kappa shape index (κ2) is 4.43. The van der Waals surface area contributed by atoms with Crippen LogP contribution in [0.1, 0.15) is 15.9 Å². The van der Waals surface area contributed by atoms with Gasteiger partial charge in [-0.15, -0.1) is 0 Å². The van der Waals surface area contributed by atoms with Crippen LogP contribution in [0.15, 0.2) is 21.1 Å². The molecule has 7 heteroatoms. The molecule has 0 amide bonds. The van der Waals surface area contributed by atoms with Gasteiger partial charge in [0.2, 0.25) is 0 Å². The van der Waals surface area contributed by atoms with Gasteiger partial charge in [-0.2, -0.15) is 13.2 Å². The summed E-state index contributed by atoms with van der Waals surface area (Å²) in [5, 5.41) is -0.950. The first-order valence-corrected chi connectivity index (χ1v) is 5.46. The molecule has 0 N–H and O–H groups in total. The minimum absolute atomic E-state index is 0.141. The first-order chi connectivity index (χ1) is 6.73. The molecule has 0 heterocycles. The number of alkyl halides is 3. The van der Waals surface area contributed by atoms with E-state index in [2.05, 4.69) is 31.9 Å². The van der Waals surface area contributed by atoms with Crippen LogP contribution in [0.3, 0.4) is 0 Å². The monoisotopic (exact) mass is 364 g/mol. The Kier molecular flexibility index (Phi) is 3.84. The molecule has 0 saturated heterocycles. The molecule has 0 fully saturated rings. The van der Waals surface area contributed by atoms with E-state index in [1.165, 1.54) is 6.07 Å². The number of hydrogen-bond donors (Lipinski definition) is 0. The predicted molar refractivity (Wildman–Crippen MR) is 57.0 cm³/mol. The molecule has 1 aromatic carbocycles. The summed E-state index contributed by atoms with van der Waals surface area (Å²) in [6.45, 7) is 0. The van der Waals surface area contributed by atoms with Crippen molar-refractivity contribution >= 4 is 48.7 Å². The molecular weight excluding hydrogens is 364 g/mol. The third-order valence-electron chi connectivity index (χ3n) is 1.55. The Morgan fingerprint density at radius 1 is 1.27 bits per heavy atom. The summed E-state index contributed by atoms with van der Waals surface area (Å²) in [6, 6.07) is 2.09. The highest BCUT2D eigenvalue weighted by molar-refractivity contribution is 9.11. The molecule has 0 atom stereocenters. The van der Waals surface area contributed by atoms with Crippen molar-refractivity contribution < 1.29 is 18.0 Å². The van der Waals surface area contributed by atoms with E-state index in [4.69, 9.17) is 11.6 Å². The zero-order valence-corrected chi connectivity index (χ0v) is 10.8. The van der Waals surface area contributed by atoms with E-state index in [-0.39, 0.29) is 14.5 Å². The van der Waals surface area contributed by atoms with Crippen molar-refractivity contribution in [3.8, 4) is 0 Å². The largest absolute Gasteiger partial charge is 0.417 e. The van der Waals surface area contributed by atoms with E-state index < -0.39 is 17.0 Å². The first kappa shape index (κ1) is 13.0. The van der Waals surface area contributed by atoms with Crippen LogP contribution in [0.5, 0.6) is 0 Å². The molecule has 1 rings (SSSR count). The Hall–Kier alpha value is -0.0700. The fraction of sp³-hybridized carbons (Fsp3) is 0.125. The molecule has 15 heavy (non-hydrogen) atoms. The molecule has 0 saturated carbocycles. The normalized spacial score (nSPS) is 11.6. The third-order valence-corrected chi connectivity index (χ3v) is 3.07. The second-order valence-corrected chi connectivity index (χ2v) is 4.64. The molecule has 0 aliphatic carbocycles. The molecule has 1 aromatic rings. The smallest absolute Gasteiger partial charge is 0.276 e. The summed E-state index contributed by atoms with van der Waals surface area (Å²) in [5.41, 5.74) is -1.17. The molecule has 0 radical (unpaired) electrons. The maximum atomic E-state index is 12.5. The molecule has 0 unspecified atom stereocenters. The van der Waals surface area contributed by atoms with Gasteiger partial charge in [-0.05, 0) is 39.7 Å². The number of hydrogen-bond acceptors (Lipinski definition) is 1. The molecule has 82 valence electrons. The second-order valence-electron chi connectivity index (χ2n) is 2.59. The van der Waals surface area contributed by atoms with Crippen molar-refractivity contribution in [2.24, 2.45) is 0 Å². The molecule has 0 aliphatic heterocycles. The fourth-order valence-corrected chi connectivity index (χ4v) is 2.29. The van der Waals surface area contributed by atoms with Gasteiger partial charge in [-0.25, -0.2) is 0 Å². The van der Waals surface area contributed by atoms with E-state index in [0.29, 0.717) is 0 Å². The van der Waals surface area contributed by atoms with E-state index >= 15 is 0 Å². The zero-order valence-electron chi connectivity index (χ0n) is 6.83. The minimum Gasteiger partial charge on any atom is -0.276 e. The van der Waals surface area contributed by atoms with Gasteiger partial charge in [-0.1, -0.05) is 15.9 Å². The topological polar surface area (TPSA) is 17.1 Å². The van der Waals surface area contributed by atoms with Crippen LogP contribution in [-0.2, 0) is 6.18 Å². The Bertz CT molecular complexity index is 417. The molecular formula is C8H2Br2ClF3O. The SMILES string of the molecule is O=C(Cl)c1cc(Br)cc(C(F)(F)F)c1Br. The number of carbonyl (C=O) groups excluding carboxylic acids is 1. The lowest BCUT2D eigenvalue weighted by atomic mass is 10.1. The quantitative estimate of drug-likeness (QED) is 0.664. The molecule has 0 aliphatic rings. The average Bonchev–Trinajstić information content (AvgIpc) is 2.06. The van der Waals surface area contributed by atoms with Gasteiger partial charge in [0.15, 0.2) is 0 Å². The summed E-state index contributed by atoms with van der Waals surface area (Å²) in [4.78, 5) is 10.8. The highest BCUT2D eigenvalue weighted by Gasteiger charge is 2.34. The first-order valence-electron chi connectivity index (χ1n) is 3.49. The van der Waals surface area contributed by atoms with Crippen molar-refractivity contribution in [1.29, 1.82) is 0 Å². The molecule has 0 bridgehead atoms. The number of carbonyl (C=O) groups is 1. The van der Waals surface area contributed by atoms with Gasteiger partial charge in [0.05, 0.1) is 5.56 Å². The molecule has 0 aromatic heterocycles. The highest BCUT2D eigenvalue weighted by atomic mass is 79.9. The van der Waals surface area contributed by atoms with E-state index in [1.54, 1.807) is 0 Å². The van der Waals surface area contributed by atoms with Crippen molar-refractivity contribution in [2.45, 2.75) is 6.18 Å². The lowest BCUT2D eigenvalue weighted by Crippen LogP contribution is -2.08. The number of benzene rings is 1.